The summed E-state index contributed by atoms with van der Waals surface area (Å²) in [6.45, 7) is 4.99. The van der Waals surface area contributed by atoms with Gasteiger partial charge in [-0.15, -0.1) is 0 Å². The molecule has 0 spiro atoms. The molecule has 24 heavy (non-hydrogen) atoms. The fourth-order valence-corrected chi connectivity index (χ4v) is 4.00. The predicted molar refractivity (Wildman–Crippen MR) is 96.9 cm³/mol. The third-order valence-electron chi connectivity index (χ3n) is 3.93. The third-order valence-corrected chi connectivity index (χ3v) is 5.19. The van der Waals surface area contributed by atoms with Gasteiger partial charge >= 0.3 is 0 Å². The summed E-state index contributed by atoms with van der Waals surface area (Å²) in [7, 11) is -3.45. The molecule has 1 aliphatic heterocycles. The van der Waals surface area contributed by atoms with E-state index in [4.69, 9.17) is 4.74 Å². The van der Waals surface area contributed by atoms with Crippen LogP contribution in [0.2, 0.25) is 0 Å². The Morgan fingerprint density at radius 1 is 1.08 bits per heavy atom. The number of anilines is 2. The smallest absolute Gasteiger partial charge is 0.236 e. The summed E-state index contributed by atoms with van der Waals surface area (Å²) in [5.74, 6) is -0.0313. The summed E-state index contributed by atoms with van der Waals surface area (Å²) >= 11 is 0. The van der Waals surface area contributed by atoms with E-state index < -0.39 is 10.0 Å². The highest BCUT2D eigenvalue weighted by Gasteiger charge is 2.15. The van der Waals surface area contributed by atoms with Crippen molar-refractivity contribution in [1.82, 2.24) is 0 Å². The van der Waals surface area contributed by atoms with E-state index in [0.29, 0.717) is 18.9 Å². The highest BCUT2D eigenvalue weighted by molar-refractivity contribution is 7.91. The van der Waals surface area contributed by atoms with E-state index in [9.17, 15) is 8.42 Å². The fourth-order valence-electron chi connectivity index (χ4n) is 2.82. The topological polar surface area (TPSA) is 58.6 Å². The van der Waals surface area contributed by atoms with Crippen LogP contribution in [0.15, 0.2) is 48.5 Å². The molecule has 1 saturated heterocycles. The molecule has 128 valence electrons. The Kier molecular flexibility index (Phi) is 5.06. The standard InChI is InChI=1S/C18H22N2O3S/c1-15-4-2-5-16(12-15)14-24(21,22)19-17-6-3-7-18(13-17)20-8-10-23-11-9-20/h2-7,12-13,19H,8-11,14H2,1H3. The van der Waals surface area contributed by atoms with Gasteiger partial charge in [0.15, 0.2) is 0 Å². The van der Waals surface area contributed by atoms with Gasteiger partial charge in [0, 0.05) is 18.8 Å². The van der Waals surface area contributed by atoms with Crippen LogP contribution in [-0.4, -0.2) is 34.7 Å². The second-order valence-corrected chi connectivity index (χ2v) is 7.72. The maximum Gasteiger partial charge on any atom is 0.236 e. The van der Waals surface area contributed by atoms with Crippen molar-refractivity contribution < 1.29 is 13.2 Å². The lowest BCUT2D eigenvalue weighted by Crippen LogP contribution is -2.36. The molecule has 0 aromatic heterocycles. The molecule has 6 heteroatoms. The molecule has 1 aliphatic rings. The van der Waals surface area contributed by atoms with Crippen LogP contribution in [0.1, 0.15) is 11.1 Å². The van der Waals surface area contributed by atoms with Crippen LogP contribution in [-0.2, 0) is 20.5 Å². The average Bonchev–Trinajstić information content (AvgIpc) is 2.55. The van der Waals surface area contributed by atoms with Gasteiger partial charge < -0.3 is 9.64 Å². The summed E-state index contributed by atoms with van der Waals surface area (Å²) < 4.78 is 32.9. The maximum absolute atomic E-state index is 12.4. The van der Waals surface area contributed by atoms with Gasteiger partial charge in [0.25, 0.3) is 0 Å². The minimum Gasteiger partial charge on any atom is -0.378 e. The largest absolute Gasteiger partial charge is 0.378 e. The second-order valence-electron chi connectivity index (χ2n) is 6.00. The molecule has 2 aromatic rings. The molecule has 0 saturated carbocycles. The summed E-state index contributed by atoms with van der Waals surface area (Å²) in [6.07, 6.45) is 0. The van der Waals surface area contributed by atoms with Crippen LogP contribution in [0.3, 0.4) is 0 Å². The zero-order valence-electron chi connectivity index (χ0n) is 13.7. The van der Waals surface area contributed by atoms with Crippen LogP contribution >= 0.6 is 0 Å². The van der Waals surface area contributed by atoms with E-state index in [-0.39, 0.29) is 5.75 Å². The summed E-state index contributed by atoms with van der Waals surface area (Å²) in [6, 6.07) is 15.1. The summed E-state index contributed by atoms with van der Waals surface area (Å²) in [4.78, 5) is 2.20. The summed E-state index contributed by atoms with van der Waals surface area (Å²) in [5, 5.41) is 0. The number of nitrogens with one attached hydrogen (secondary N) is 1. The molecule has 0 unspecified atom stereocenters. The van der Waals surface area contributed by atoms with Crippen molar-refractivity contribution in [2.24, 2.45) is 0 Å². The molecule has 2 aromatic carbocycles. The maximum atomic E-state index is 12.4. The fraction of sp³-hybridized carbons (Fsp3) is 0.333. The SMILES string of the molecule is Cc1cccc(CS(=O)(=O)Nc2cccc(N3CCOCC3)c2)c1. The van der Waals surface area contributed by atoms with Gasteiger partial charge in [-0.2, -0.15) is 0 Å². The Labute approximate surface area is 143 Å². The number of nitrogens with zero attached hydrogens (tertiary/aromatic N) is 1. The Hall–Kier alpha value is -2.05. The van der Waals surface area contributed by atoms with E-state index in [0.717, 1.165) is 29.9 Å². The predicted octanol–water partition coefficient (Wildman–Crippen LogP) is 2.77. The van der Waals surface area contributed by atoms with Crippen LogP contribution in [0.4, 0.5) is 11.4 Å². The number of hydrogen-bond donors (Lipinski definition) is 1. The van der Waals surface area contributed by atoms with E-state index in [1.54, 1.807) is 6.07 Å². The molecular formula is C18H22N2O3S. The van der Waals surface area contributed by atoms with Crippen molar-refractivity contribution in [1.29, 1.82) is 0 Å². The number of sulfonamides is 1. The van der Waals surface area contributed by atoms with Gasteiger partial charge in [-0.3, -0.25) is 4.72 Å². The molecule has 0 bridgehead atoms. The van der Waals surface area contributed by atoms with E-state index in [1.165, 1.54) is 0 Å². The highest BCUT2D eigenvalue weighted by atomic mass is 32.2. The Morgan fingerprint density at radius 3 is 2.58 bits per heavy atom. The first-order valence-electron chi connectivity index (χ1n) is 8.01. The molecule has 0 amide bonds. The average molecular weight is 346 g/mol. The molecule has 1 heterocycles. The molecule has 0 atom stereocenters. The zero-order chi connectivity index (χ0) is 17.0. The van der Waals surface area contributed by atoms with Gasteiger partial charge in [0.2, 0.25) is 10.0 Å². The van der Waals surface area contributed by atoms with Crippen molar-refractivity contribution in [2.75, 3.05) is 35.9 Å². The van der Waals surface area contributed by atoms with Crippen molar-refractivity contribution in [3.05, 3.63) is 59.7 Å². The molecule has 5 nitrogen and oxygen atoms in total. The summed E-state index contributed by atoms with van der Waals surface area (Å²) in [5.41, 5.74) is 3.43. The van der Waals surface area contributed by atoms with Crippen LogP contribution in [0.25, 0.3) is 0 Å². The first-order valence-corrected chi connectivity index (χ1v) is 9.66. The molecule has 0 radical (unpaired) electrons. The van der Waals surface area contributed by atoms with Crippen LogP contribution in [0, 0.1) is 6.92 Å². The lowest BCUT2D eigenvalue weighted by molar-refractivity contribution is 0.122. The van der Waals surface area contributed by atoms with E-state index >= 15 is 0 Å². The molecular weight excluding hydrogens is 324 g/mol. The molecule has 0 aliphatic carbocycles. The molecule has 3 rings (SSSR count). The first-order chi connectivity index (χ1) is 11.5. The van der Waals surface area contributed by atoms with Crippen molar-refractivity contribution in [3.63, 3.8) is 0 Å². The van der Waals surface area contributed by atoms with E-state index in [1.807, 2.05) is 49.4 Å². The number of morpholine rings is 1. The highest BCUT2D eigenvalue weighted by Crippen LogP contribution is 2.22. The Balaban J connectivity index is 1.72. The van der Waals surface area contributed by atoms with Gasteiger partial charge in [-0.25, -0.2) is 8.42 Å². The van der Waals surface area contributed by atoms with Crippen molar-refractivity contribution in [3.8, 4) is 0 Å². The Morgan fingerprint density at radius 2 is 1.83 bits per heavy atom. The van der Waals surface area contributed by atoms with Gasteiger partial charge in [-0.1, -0.05) is 35.9 Å². The number of aryl methyl sites for hydroxylation is 1. The lowest BCUT2D eigenvalue weighted by atomic mass is 10.2. The zero-order valence-corrected chi connectivity index (χ0v) is 14.6. The van der Waals surface area contributed by atoms with Gasteiger partial charge in [0.05, 0.1) is 24.7 Å². The second kappa shape index (κ2) is 7.23. The number of benzene rings is 2. The Bertz CT molecular complexity index is 799. The van der Waals surface area contributed by atoms with Gasteiger partial charge in [-0.05, 0) is 30.7 Å². The minimum absolute atomic E-state index is 0.0313. The number of ether oxygens (including phenoxy) is 1. The third kappa shape index (κ3) is 4.49. The van der Waals surface area contributed by atoms with Crippen LogP contribution in [0.5, 0.6) is 0 Å². The number of hydrogen-bond acceptors (Lipinski definition) is 4. The first kappa shape index (κ1) is 16.8. The normalized spacial score (nSPS) is 15.3. The molecule has 1 N–H and O–H groups in total. The minimum atomic E-state index is -3.45. The van der Waals surface area contributed by atoms with Gasteiger partial charge in [0.1, 0.15) is 0 Å². The quantitative estimate of drug-likeness (QED) is 0.904. The lowest BCUT2D eigenvalue weighted by Gasteiger charge is -2.29. The molecule has 1 fully saturated rings. The van der Waals surface area contributed by atoms with Crippen LogP contribution < -0.4 is 9.62 Å². The monoisotopic (exact) mass is 346 g/mol. The van der Waals surface area contributed by atoms with Crippen molar-refractivity contribution in [2.45, 2.75) is 12.7 Å². The van der Waals surface area contributed by atoms with E-state index in [2.05, 4.69) is 9.62 Å². The van der Waals surface area contributed by atoms with Crippen molar-refractivity contribution >= 4 is 21.4 Å². The number of rotatable bonds is 5.